The van der Waals surface area contributed by atoms with Crippen molar-refractivity contribution in [1.82, 2.24) is 10.1 Å². The highest BCUT2D eigenvalue weighted by Gasteiger charge is 2.26. The van der Waals surface area contributed by atoms with Crippen molar-refractivity contribution in [2.75, 3.05) is 13.7 Å². The maximum absolute atomic E-state index is 5.69. The van der Waals surface area contributed by atoms with Crippen LogP contribution in [-0.4, -0.2) is 23.8 Å². The number of ether oxygens (including phenoxy) is 1. The number of hydrogen-bond acceptors (Lipinski definition) is 5. The Kier molecular flexibility index (Phi) is 4.91. The molecule has 2 aromatic rings. The topological polar surface area (TPSA) is 74.2 Å². The summed E-state index contributed by atoms with van der Waals surface area (Å²) < 4.78 is 10.6. The molecule has 0 bridgehead atoms. The molecular weight excluding hydrogens is 266 g/mol. The van der Waals surface area contributed by atoms with Crippen molar-refractivity contribution < 1.29 is 9.26 Å². The van der Waals surface area contributed by atoms with Crippen molar-refractivity contribution in [3.63, 3.8) is 0 Å². The average molecular weight is 284 g/mol. The minimum atomic E-state index is -0.326. The largest absolute Gasteiger partial charge is 0.496 e. The minimum absolute atomic E-state index is 0. The summed E-state index contributed by atoms with van der Waals surface area (Å²) in [5.74, 6) is 1.77. The maximum atomic E-state index is 5.69. The standard InChI is InChI=1S/C13H17N3O2.ClH/c1-13(2,8-14)12-15-11(16-18-12)9-6-4-5-7-10(9)17-3;/h4-7H,8,14H2,1-3H3;1H. The normalized spacial score (nSPS) is 10.9. The molecular formula is C13H18ClN3O2. The van der Waals surface area contributed by atoms with Crippen LogP contribution in [0.3, 0.4) is 0 Å². The Hall–Kier alpha value is -1.59. The Morgan fingerprint density at radius 3 is 2.63 bits per heavy atom. The second-order valence-corrected chi connectivity index (χ2v) is 4.71. The zero-order valence-corrected chi connectivity index (χ0v) is 12.0. The third-order valence-electron chi connectivity index (χ3n) is 2.86. The van der Waals surface area contributed by atoms with Gasteiger partial charge in [0.15, 0.2) is 0 Å². The maximum Gasteiger partial charge on any atom is 0.233 e. The molecule has 0 unspecified atom stereocenters. The number of rotatable bonds is 4. The van der Waals surface area contributed by atoms with Gasteiger partial charge < -0.3 is 15.0 Å². The molecule has 0 saturated carbocycles. The van der Waals surface area contributed by atoms with Gasteiger partial charge in [0.05, 0.1) is 18.1 Å². The highest BCUT2D eigenvalue weighted by molar-refractivity contribution is 5.85. The van der Waals surface area contributed by atoms with Crippen LogP contribution in [0, 0.1) is 0 Å². The van der Waals surface area contributed by atoms with Gasteiger partial charge in [0.2, 0.25) is 11.7 Å². The third kappa shape index (κ3) is 3.05. The summed E-state index contributed by atoms with van der Waals surface area (Å²) in [5.41, 5.74) is 6.17. The molecule has 0 atom stereocenters. The number of hydrogen-bond donors (Lipinski definition) is 1. The minimum Gasteiger partial charge on any atom is -0.496 e. The van der Waals surface area contributed by atoms with Gasteiger partial charge in [-0.05, 0) is 26.0 Å². The predicted octanol–water partition coefficient (Wildman–Crippen LogP) is 2.40. The van der Waals surface area contributed by atoms with Crippen LogP contribution in [0.2, 0.25) is 0 Å². The number of methoxy groups -OCH3 is 1. The van der Waals surface area contributed by atoms with Gasteiger partial charge in [0.1, 0.15) is 5.75 Å². The number of benzene rings is 1. The first-order valence-electron chi connectivity index (χ1n) is 5.76. The zero-order chi connectivity index (χ0) is 13.2. The first kappa shape index (κ1) is 15.5. The molecule has 104 valence electrons. The van der Waals surface area contributed by atoms with Crippen LogP contribution in [0.5, 0.6) is 5.75 Å². The van der Waals surface area contributed by atoms with E-state index in [1.165, 1.54) is 0 Å². The zero-order valence-electron chi connectivity index (χ0n) is 11.2. The van der Waals surface area contributed by atoms with Gasteiger partial charge in [-0.25, -0.2) is 0 Å². The van der Waals surface area contributed by atoms with E-state index in [0.29, 0.717) is 18.3 Å². The van der Waals surface area contributed by atoms with E-state index in [-0.39, 0.29) is 17.8 Å². The fourth-order valence-corrected chi connectivity index (χ4v) is 1.52. The van der Waals surface area contributed by atoms with Gasteiger partial charge in [-0.15, -0.1) is 12.4 Å². The summed E-state index contributed by atoms with van der Waals surface area (Å²) in [6, 6.07) is 7.55. The van der Waals surface area contributed by atoms with Gasteiger partial charge in [-0.2, -0.15) is 4.98 Å². The quantitative estimate of drug-likeness (QED) is 0.933. The highest BCUT2D eigenvalue weighted by Crippen LogP contribution is 2.29. The SMILES string of the molecule is COc1ccccc1-c1noc(C(C)(C)CN)n1.Cl. The molecule has 0 aliphatic carbocycles. The number of para-hydroxylation sites is 1. The molecule has 1 aromatic carbocycles. The lowest BCUT2D eigenvalue weighted by atomic mass is 9.94. The summed E-state index contributed by atoms with van der Waals surface area (Å²) >= 11 is 0. The molecule has 0 amide bonds. The number of halogens is 1. The van der Waals surface area contributed by atoms with Crippen molar-refractivity contribution in [3.8, 4) is 17.1 Å². The molecule has 0 saturated heterocycles. The van der Waals surface area contributed by atoms with E-state index in [1.807, 2.05) is 38.1 Å². The monoisotopic (exact) mass is 283 g/mol. The van der Waals surface area contributed by atoms with Crippen LogP contribution < -0.4 is 10.5 Å². The number of nitrogens with zero attached hydrogens (tertiary/aromatic N) is 2. The Morgan fingerprint density at radius 1 is 1.32 bits per heavy atom. The van der Waals surface area contributed by atoms with E-state index < -0.39 is 0 Å². The second-order valence-electron chi connectivity index (χ2n) is 4.71. The molecule has 2 rings (SSSR count). The third-order valence-corrected chi connectivity index (χ3v) is 2.86. The van der Waals surface area contributed by atoms with Crippen LogP contribution >= 0.6 is 12.4 Å². The molecule has 0 aliphatic rings. The summed E-state index contributed by atoms with van der Waals surface area (Å²) in [6.07, 6.45) is 0. The highest BCUT2D eigenvalue weighted by atomic mass is 35.5. The first-order chi connectivity index (χ1) is 8.58. The van der Waals surface area contributed by atoms with Crippen molar-refractivity contribution in [3.05, 3.63) is 30.2 Å². The molecule has 19 heavy (non-hydrogen) atoms. The van der Waals surface area contributed by atoms with Gasteiger partial charge >= 0.3 is 0 Å². The lowest BCUT2D eigenvalue weighted by Gasteiger charge is -2.15. The van der Waals surface area contributed by atoms with Crippen LogP contribution in [0.25, 0.3) is 11.4 Å². The first-order valence-corrected chi connectivity index (χ1v) is 5.76. The van der Waals surface area contributed by atoms with Gasteiger partial charge in [-0.3, -0.25) is 0 Å². The molecule has 0 aliphatic heterocycles. The summed E-state index contributed by atoms with van der Waals surface area (Å²) in [7, 11) is 1.61. The van der Waals surface area contributed by atoms with Crippen molar-refractivity contribution >= 4 is 12.4 Å². The summed E-state index contributed by atoms with van der Waals surface area (Å²) in [4.78, 5) is 4.39. The van der Waals surface area contributed by atoms with Crippen LogP contribution in [-0.2, 0) is 5.41 Å². The lowest BCUT2D eigenvalue weighted by Crippen LogP contribution is -2.28. The molecule has 1 aromatic heterocycles. The van der Waals surface area contributed by atoms with E-state index in [2.05, 4.69) is 10.1 Å². The van der Waals surface area contributed by atoms with E-state index in [1.54, 1.807) is 7.11 Å². The fraction of sp³-hybridized carbons (Fsp3) is 0.385. The molecule has 2 N–H and O–H groups in total. The second kappa shape index (κ2) is 6.04. The van der Waals surface area contributed by atoms with E-state index >= 15 is 0 Å². The molecule has 5 nitrogen and oxygen atoms in total. The summed E-state index contributed by atoms with van der Waals surface area (Å²) in [6.45, 7) is 4.37. The molecule has 0 spiro atoms. The summed E-state index contributed by atoms with van der Waals surface area (Å²) in [5, 5.41) is 3.99. The van der Waals surface area contributed by atoms with Crippen LogP contribution in [0.15, 0.2) is 28.8 Å². The van der Waals surface area contributed by atoms with Crippen LogP contribution in [0.1, 0.15) is 19.7 Å². The van der Waals surface area contributed by atoms with Crippen molar-refractivity contribution in [2.24, 2.45) is 5.73 Å². The van der Waals surface area contributed by atoms with Crippen LogP contribution in [0.4, 0.5) is 0 Å². The molecule has 0 fully saturated rings. The Bertz CT molecular complexity index is 540. The lowest BCUT2D eigenvalue weighted by molar-refractivity contribution is 0.311. The predicted molar refractivity (Wildman–Crippen MR) is 75.6 cm³/mol. The smallest absolute Gasteiger partial charge is 0.233 e. The van der Waals surface area contributed by atoms with E-state index in [0.717, 1.165) is 11.3 Å². The van der Waals surface area contributed by atoms with E-state index in [9.17, 15) is 0 Å². The Labute approximate surface area is 118 Å². The van der Waals surface area contributed by atoms with Gasteiger partial charge in [-0.1, -0.05) is 17.3 Å². The number of nitrogens with two attached hydrogens (primary N) is 1. The van der Waals surface area contributed by atoms with Gasteiger partial charge in [0.25, 0.3) is 0 Å². The van der Waals surface area contributed by atoms with Gasteiger partial charge in [0, 0.05) is 6.54 Å². The molecule has 0 radical (unpaired) electrons. The molecule has 6 heteroatoms. The Balaban J connectivity index is 0.00000180. The van der Waals surface area contributed by atoms with E-state index in [4.69, 9.17) is 15.0 Å². The molecule has 1 heterocycles. The number of aromatic nitrogens is 2. The Morgan fingerprint density at radius 2 is 2.00 bits per heavy atom. The average Bonchev–Trinajstić information content (AvgIpc) is 2.89. The van der Waals surface area contributed by atoms with Crippen molar-refractivity contribution in [1.29, 1.82) is 0 Å². The van der Waals surface area contributed by atoms with Crippen molar-refractivity contribution in [2.45, 2.75) is 19.3 Å². The fourth-order valence-electron chi connectivity index (χ4n) is 1.52.